The predicted octanol–water partition coefficient (Wildman–Crippen LogP) is 4.51. The molecule has 6 rings (SSSR count). The van der Waals surface area contributed by atoms with Gasteiger partial charge in [-0.05, 0) is 67.6 Å². The molecule has 3 fully saturated rings. The summed E-state index contributed by atoms with van der Waals surface area (Å²) in [5.41, 5.74) is 1.80. The number of rotatable bonds is 4. The van der Waals surface area contributed by atoms with Gasteiger partial charge in [0, 0.05) is 11.5 Å². The summed E-state index contributed by atoms with van der Waals surface area (Å²) in [5.74, 6) is -5.49. The molecule has 0 unspecified atom stereocenters. The Morgan fingerprint density at radius 2 is 1.73 bits per heavy atom. The first-order chi connectivity index (χ1) is 19.0. The van der Waals surface area contributed by atoms with Crippen molar-refractivity contribution in [1.82, 2.24) is 4.90 Å². The summed E-state index contributed by atoms with van der Waals surface area (Å²) in [6.07, 6.45) is 1.94. The summed E-state index contributed by atoms with van der Waals surface area (Å²) >= 11 is 17.5. The Morgan fingerprint density at radius 3 is 2.35 bits per heavy atom. The highest BCUT2D eigenvalue weighted by Crippen LogP contribution is 2.65. The summed E-state index contributed by atoms with van der Waals surface area (Å²) in [5, 5.41) is 10.3. The molecule has 0 radical (unpaired) electrons. The van der Waals surface area contributed by atoms with Crippen LogP contribution in [0.5, 0.6) is 5.75 Å². The van der Waals surface area contributed by atoms with Crippen molar-refractivity contribution in [2.75, 3.05) is 10.4 Å². The van der Waals surface area contributed by atoms with Crippen molar-refractivity contribution < 1.29 is 29.1 Å². The van der Waals surface area contributed by atoms with E-state index in [2.05, 4.69) is 15.9 Å². The number of likely N-dealkylation sites (tertiary alicyclic amines) is 1. The van der Waals surface area contributed by atoms with Crippen molar-refractivity contribution in [3.05, 3.63) is 71.3 Å². The van der Waals surface area contributed by atoms with Crippen molar-refractivity contribution in [2.45, 2.75) is 35.4 Å². The monoisotopic (exact) mass is 644 g/mol. The first-order valence-electron chi connectivity index (χ1n) is 12.7. The number of halogens is 3. The SMILES string of the molecule is CC(=O)c1ccc(N2C(=O)[C@H]3[C@H](CC=C4[C@H]3C[C@@]3(Cl)C(=O)N(CBr)C(=O)[C@@]3(Cl)[C@H]4c3cccc(O)c3)C2=O)cc1. The van der Waals surface area contributed by atoms with Crippen LogP contribution in [-0.2, 0) is 19.2 Å². The van der Waals surface area contributed by atoms with Gasteiger partial charge in [0.2, 0.25) is 11.8 Å². The quantitative estimate of drug-likeness (QED) is 0.172. The molecule has 1 N–H and O–H groups in total. The number of hydrogen-bond acceptors (Lipinski definition) is 6. The Labute approximate surface area is 248 Å². The van der Waals surface area contributed by atoms with Gasteiger partial charge in [-0.2, -0.15) is 0 Å². The van der Waals surface area contributed by atoms with Gasteiger partial charge in [-0.15, -0.1) is 23.2 Å². The second-order valence-corrected chi connectivity index (χ2v) is 12.4. The molecule has 4 aliphatic rings. The van der Waals surface area contributed by atoms with Crippen LogP contribution >= 0.6 is 39.1 Å². The van der Waals surface area contributed by atoms with E-state index in [1.165, 1.54) is 19.1 Å². The number of hydrogen-bond donors (Lipinski definition) is 1. The smallest absolute Gasteiger partial charge is 0.254 e. The second-order valence-electron chi connectivity index (χ2n) is 10.7. The highest BCUT2D eigenvalue weighted by molar-refractivity contribution is 9.09. The number of phenols is 1. The second kappa shape index (κ2) is 9.26. The van der Waals surface area contributed by atoms with Gasteiger partial charge in [-0.25, -0.2) is 0 Å². The number of imide groups is 2. The van der Waals surface area contributed by atoms with Crippen LogP contribution in [0.1, 0.15) is 41.6 Å². The minimum absolute atomic E-state index is 0.0595. The number of amides is 4. The van der Waals surface area contributed by atoms with Crippen molar-refractivity contribution in [3.8, 4) is 5.75 Å². The van der Waals surface area contributed by atoms with Crippen LogP contribution < -0.4 is 4.90 Å². The van der Waals surface area contributed by atoms with E-state index in [1.807, 2.05) is 6.08 Å². The van der Waals surface area contributed by atoms with Crippen LogP contribution in [0.4, 0.5) is 5.69 Å². The maximum Gasteiger partial charge on any atom is 0.254 e. The molecule has 11 heteroatoms. The van der Waals surface area contributed by atoms with E-state index in [0.717, 1.165) is 9.80 Å². The van der Waals surface area contributed by atoms with E-state index in [0.29, 0.717) is 22.4 Å². The number of anilines is 1. The van der Waals surface area contributed by atoms with Gasteiger partial charge in [0.25, 0.3) is 11.8 Å². The number of nitrogens with zero attached hydrogens (tertiary/aromatic N) is 2. The molecule has 2 aromatic carbocycles. The lowest BCUT2D eigenvalue weighted by atomic mass is 9.56. The molecule has 0 bridgehead atoms. The predicted molar refractivity (Wildman–Crippen MR) is 150 cm³/mol. The number of carbonyl (C=O) groups excluding carboxylic acids is 5. The number of carbonyl (C=O) groups is 5. The van der Waals surface area contributed by atoms with E-state index in [4.69, 9.17) is 23.2 Å². The zero-order chi connectivity index (χ0) is 28.7. The van der Waals surface area contributed by atoms with E-state index >= 15 is 0 Å². The van der Waals surface area contributed by atoms with Crippen LogP contribution in [0.25, 0.3) is 0 Å². The number of aromatic hydroxyl groups is 1. The first-order valence-corrected chi connectivity index (χ1v) is 14.6. The van der Waals surface area contributed by atoms with Gasteiger partial charge in [-0.3, -0.25) is 33.8 Å². The van der Waals surface area contributed by atoms with Gasteiger partial charge in [0.05, 0.1) is 23.0 Å². The van der Waals surface area contributed by atoms with Crippen LogP contribution in [0.2, 0.25) is 0 Å². The average molecular weight is 646 g/mol. The first kappa shape index (κ1) is 27.2. The highest BCUT2D eigenvalue weighted by Gasteiger charge is 2.76. The third-order valence-electron chi connectivity index (χ3n) is 8.75. The maximum atomic E-state index is 14.0. The molecule has 1 saturated carbocycles. The van der Waals surface area contributed by atoms with Crippen LogP contribution in [0, 0.1) is 17.8 Å². The fraction of sp³-hybridized carbons (Fsp3) is 0.345. The molecular formula is C29H23BrCl2N2O6. The Kier molecular flexibility index (Phi) is 6.29. The number of Topliss-reactive ketones (excluding diaryl/α,β-unsaturated/α-hetero) is 1. The van der Waals surface area contributed by atoms with Gasteiger partial charge in [0.15, 0.2) is 15.5 Å². The van der Waals surface area contributed by atoms with Gasteiger partial charge >= 0.3 is 0 Å². The molecule has 4 amide bonds. The molecule has 40 heavy (non-hydrogen) atoms. The van der Waals surface area contributed by atoms with Crippen molar-refractivity contribution in [3.63, 3.8) is 0 Å². The Hall–Kier alpha value is -3.01. The summed E-state index contributed by atoms with van der Waals surface area (Å²) in [7, 11) is 0. The number of phenolic OH excluding ortho intramolecular Hbond substituents is 1. The number of ketones is 1. The summed E-state index contributed by atoms with van der Waals surface area (Å²) in [6, 6.07) is 12.5. The van der Waals surface area contributed by atoms with E-state index in [-0.39, 0.29) is 35.7 Å². The fourth-order valence-corrected chi connectivity index (χ4v) is 8.36. The Bertz CT molecular complexity index is 1540. The van der Waals surface area contributed by atoms with Gasteiger partial charge in [-0.1, -0.05) is 39.7 Å². The van der Waals surface area contributed by atoms with E-state index < -0.39 is 51.1 Å². The molecule has 6 atom stereocenters. The van der Waals surface area contributed by atoms with E-state index in [1.54, 1.807) is 36.4 Å². The topological polar surface area (TPSA) is 112 Å². The minimum atomic E-state index is -1.92. The third-order valence-corrected chi connectivity index (χ3v) is 10.7. The van der Waals surface area contributed by atoms with Crippen LogP contribution in [0.3, 0.4) is 0 Å². The lowest BCUT2D eigenvalue weighted by Gasteiger charge is -2.50. The molecule has 2 aliphatic heterocycles. The van der Waals surface area contributed by atoms with E-state index in [9.17, 15) is 29.1 Å². The van der Waals surface area contributed by atoms with Gasteiger partial charge in [0.1, 0.15) is 5.75 Å². The summed E-state index contributed by atoms with van der Waals surface area (Å²) in [6.45, 7) is 1.43. The molecular weight excluding hydrogens is 623 g/mol. The molecule has 206 valence electrons. The molecule has 8 nitrogen and oxygen atoms in total. The van der Waals surface area contributed by atoms with Gasteiger partial charge < -0.3 is 5.11 Å². The lowest BCUT2D eigenvalue weighted by Crippen LogP contribution is -2.60. The number of fused-ring (bicyclic) bond motifs is 4. The fourth-order valence-electron chi connectivity index (χ4n) is 6.93. The lowest BCUT2D eigenvalue weighted by molar-refractivity contribution is -0.138. The normalized spacial score (nSPS) is 33.0. The molecule has 2 aliphatic carbocycles. The van der Waals surface area contributed by atoms with Crippen molar-refractivity contribution in [2.24, 2.45) is 17.8 Å². The van der Waals surface area contributed by atoms with Crippen LogP contribution in [-0.4, -0.2) is 54.6 Å². The molecule has 0 spiro atoms. The maximum absolute atomic E-state index is 14.0. The van der Waals surface area contributed by atoms with Crippen molar-refractivity contribution in [1.29, 1.82) is 0 Å². The molecule has 2 saturated heterocycles. The average Bonchev–Trinajstić information content (AvgIpc) is 3.26. The molecule has 0 aromatic heterocycles. The molecule has 2 heterocycles. The number of alkyl halides is 3. The zero-order valence-corrected chi connectivity index (χ0v) is 24.2. The standard InChI is InChI=1S/C29H23BrCl2N2O6/c1-14(35)15-5-7-17(8-6-15)34-24(37)20-10-9-19-21(22(20)25(34)38)12-28(31)26(39)33(13-30)27(40)29(28,32)23(19)16-3-2-4-18(36)11-16/h2-9,11,20-23,36H,10,12-13H2,1H3/t20-,21+,22-,23-,28+,29-/m0/s1. The summed E-state index contributed by atoms with van der Waals surface area (Å²) < 4.78 is 0. The third kappa shape index (κ3) is 3.47. The van der Waals surface area contributed by atoms with Crippen molar-refractivity contribution >= 4 is 74.2 Å². The molecule has 2 aromatic rings. The van der Waals surface area contributed by atoms with Crippen LogP contribution in [0.15, 0.2) is 60.2 Å². The minimum Gasteiger partial charge on any atom is -0.508 e. The number of allylic oxidation sites excluding steroid dienone is 2. The summed E-state index contributed by atoms with van der Waals surface area (Å²) in [4.78, 5) is 65.0. The highest BCUT2D eigenvalue weighted by atomic mass is 79.9. The Morgan fingerprint density at radius 1 is 1.02 bits per heavy atom. The largest absolute Gasteiger partial charge is 0.508 e. The zero-order valence-electron chi connectivity index (χ0n) is 21.1. The Balaban J connectivity index is 1.48. The number of benzene rings is 2.